The maximum absolute atomic E-state index is 3.27. The molecule has 2 aliphatic carbocycles. The van der Waals surface area contributed by atoms with Crippen LogP contribution in [0.1, 0.15) is 17.0 Å². The van der Waals surface area contributed by atoms with Crippen molar-refractivity contribution >= 4 is 0 Å². The summed E-state index contributed by atoms with van der Waals surface area (Å²) in [6, 6.07) is 17.4. The van der Waals surface area contributed by atoms with Gasteiger partial charge in [-0.2, -0.15) is 23.8 Å². The second-order valence-electron chi connectivity index (χ2n) is 4.94. The van der Waals surface area contributed by atoms with Crippen LogP contribution in [0.2, 0.25) is 0 Å². The molecule has 107 valence electrons. The zero-order valence-corrected chi connectivity index (χ0v) is 15.7. The summed E-state index contributed by atoms with van der Waals surface area (Å²) in [6.45, 7) is 0. The monoisotopic (exact) mass is 401 g/mol. The zero-order valence-electron chi connectivity index (χ0n) is 11.8. The summed E-state index contributed by atoms with van der Waals surface area (Å²) in [5.41, 5.74) is 6.71. The molecular formula is C19H13Cl2Zr. The number of halogens is 2. The minimum absolute atomic E-state index is 0. The van der Waals surface area contributed by atoms with E-state index in [9.17, 15) is 0 Å². The Balaban J connectivity index is 0.000000807. The van der Waals surface area contributed by atoms with E-state index in [4.69, 9.17) is 0 Å². The van der Waals surface area contributed by atoms with E-state index >= 15 is 0 Å². The maximum atomic E-state index is 3.27. The van der Waals surface area contributed by atoms with E-state index in [0.29, 0.717) is 5.92 Å². The van der Waals surface area contributed by atoms with Gasteiger partial charge in [-0.25, -0.2) is 0 Å². The van der Waals surface area contributed by atoms with Crippen molar-refractivity contribution < 1.29 is 51.0 Å². The van der Waals surface area contributed by atoms with Gasteiger partial charge in [0.1, 0.15) is 0 Å². The van der Waals surface area contributed by atoms with Crippen LogP contribution >= 0.6 is 0 Å². The van der Waals surface area contributed by atoms with Gasteiger partial charge >= 0.3 is 26.2 Å². The summed E-state index contributed by atoms with van der Waals surface area (Å²) >= 11 is 0. The number of rotatable bonds is 1. The van der Waals surface area contributed by atoms with E-state index in [1.807, 2.05) is 12.2 Å². The summed E-state index contributed by atoms with van der Waals surface area (Å²) in [7, 11) is 0. The van der Waals surface area contributed by atoms with Crippen molar-refractivity contribution in [1.82, 2.24) is 0 Å². The molecule has 0 aliphatic heterocycles. The molecule has 0 heterocycles. The second-order valence-corrected chi connectivity index (χ2v) is 4.94. The third-order valence-electron chi connectivity index (χ3n) is 3.85. The zero-order chi connectivity index (χ0) is 12.7. The molecule has 0 fully saturated rings. The molecular weight excluding hydrogens is 390 g/mol. The Labute approximate surface area is 163 Å². The van der Waals surface area contributed by atoms with Gasteiger partial charge in [0, 0.05) is 0 Å². The molecule has 3 heteroatoms. The van der Waals surface area contributed by atoms with Crippen LogP contribution in [0.4, 0.5) is 0 Å². The van der Waals surface area contributed by atoms with Gasteiger partial charge < -0.3 is 24.8 Å². The molecule has 0 nitrogen and oxygen atoms in total. The summed E-state index contributed by atoms with van der Waals surface area (Å²) < 4.78 is 0. The quantitative estimate of drug-likeness (QED) is 0.518. The Morgan fingerprint density at radius 1 is 0.818 bits per heavy atom. The van der Waals surface area contributed by atoms with Crippen LogP contribution in [-0.4, -0.2) is 0 Å². The summed E-state index contributed by atoms with van der Waals surface area (Å²) in [4.78, 5) is 0. The average molecular weight is 403 g/mol. The van der Waals surface area contributed by atoms with Gasteiger partial charge in [0.2, 0.25) is 0 Å². The first-order valence-electron chi connectivity index (χ1n) is 6.60. The predicted octanol–water partition coefficient (Wildman–Crippen LogP) is -1.34. The molecule has 2 aromatic rings. The standard InChI is InChI=1S/C19H13.2ClH.Zr/c1-2-8-14(7-1)13-19-17-11-5-3-9-15(17)16-10-4-6-12-18(16)19;;;/h1-7,9-13,19H;2*1H;/q-1;;;+3/p-2. The van der Waals surface area contributed by atoms with E-state index in [0.717, 1.165) is 0 Å². The van der Waals surface area contributed by atoms with Gasteiger partial charge in [-0.15, -0.1) is 12.2 Å². The molecule has 0 aromatic heterocycles. The van der Waals surface area contributed by atoms with E-state index in [-0.39, 0.29) is 51.0 Å². The van der Waals surface area contributed by atoms with Crippen molar-refractivity contribution in [2.75, 3.05) is 0 Å². The normalized spacial score (nSPS) is 15.5. The minimum atomic E-state index is 0. The van der Waals surface area contributed by atoms with Crippen molar-refractivity contribution in [2.24, 2.45) is 0 Å². The van der Waals surface area contributed by atoms with Crippen molar-refractivity contribution in [3.8, 4) is 11.1 Å². The van der Waals surface area contributed by atoms with E-state index in [1.165, 1.54) is 27.8 Å². The molecule has 0 N–H and O–H groups in total. The van der Waals surface area contributed by atoms with E-state index in [2.05, 4.69) is 66.8 Å². The van der Waals surface area contributed by atoms with Crippen LogP contribution in [0, 0.1) is 6.08 Å². The van der Waals surface area contributed by atoms with Gasteiger partial charge in [-0.3, -0.25) is 0 Å². The smallest absolute Gasteiger partial charge is 1.00 e. The third kappa shape index (κ3) is 3.23. The molecule has 0 atom stereocenters. The number of hydrogen-bond acceptors (Lipinski definition) is 0. The minimum Gasteiger partial charge on any atom is -1.00 e. The van der Waals surface area contributed by atoms with Crippen LogP contribution in [0.25, 0.3) is 11.1 Å². The molecule has 0 spiro atoms. The fraction of sp³-hybridized carbons (Fsp3) is 0.0526. The first-order valence-corrected chi connectivity index (χ1v) is 6.60. The van der Waals surface area contributed by atoms with Gasteiger partial charge in [0.15, 0.2) is 0 Å². The van der Waals surface area contributed by atoms with Crippen LogP contribution in [0.15, 0.2) is 78.4 Å². The molecule has 1 radical (unpaired) electrons. The Kier molecular flexibility index (Phi) is 7.07. The van der Waals surface area contributed by atoms with Crippen molar-refractivity contribution in [2.45, 2.75) is 5.92 Å². The fourth-order valence-corrected chi connectivity index (χ4v) is 3.00. The molecule has 0 bridgehead atoms. The van der Waals surface area contributed by atoms with Crippen LogP contribution in [0.5, 0.6) is 0 Å². The molecule has 2 aliphatic rings. The van der Waals surface area contributed by atoms with Crippen LogP contribution in [0.3, 0.4) is 0 Å². The van der Waals surface area contributed by atoms with Gasteiger partial charge in [-0.05, 0) is 28.2 Å². The molecule has 22 heavy (non-hydrogen) atoms. The van der Waals surface area contributed by atoms with Crippen molar-refractivity contribution in [3.63, 3.8) is 0 Å². The molecule has 2 aromatic carbocycles. The van der Waals surface area contributed by atoms with E-state index in [1.54, 1.807) is 0 Å². The van der Waals surface area contributed by atoms with Crippen molar-refractivity contribution in [1.29, 1.82) is 0 Å². The number of allylic oxidation sites excluding steroid dienone is 6. The van der Waals surface area contributed by atoms with Crippen LogP contribution in [-0.2, 0) is 26.2 Å². The summed E-state index contributed by atoms with van der Waals surface area (Å²) in [5.74, 6) is 0.353. The maximum Gasteiger partial charge on any atom is 3.00 e. The number of hydrogen-bond donors (Lipinski definition) is 0. The van der Waals surface area contributed by atoms with E-state index < -0.39 is 0 Å². The van der Waals surface area contributed by atoms with Crippen LogP contribution < -0.4 is 24.8 Å². The number of fused-ring (bicyclic) bond motifs is 3. The predicted molar refractivity (Wildman–Crippen MR) is 78.8 cm³/mol. The third-order valence-corrected chi connectivity index (χ3v) is 3.85. The Morgan fingerprint density at radius 3 is 1.86 bits per heavy atom. The van der Waals surface area contributed by atoms with Gasteiger partial charge in [0.25, 0.3) is 0 Å². The fourth-order valence-electron chi connectivity index (χ4n) is 3.00. The largest absolute Gasteiger partial charge is 3.00 e. The first kappa shape index (κ1) is 19.2. The SMILES string of the molecule is [C-]1=CC=CC1=CC1c2ccccc2-c2ccccc21.[Cl-].[Cl-].[Zr+3]. The summed E-state index contributed by atoms with van der Waals surface area (Å²) in [5, 5.41) is 0. The Morgan fingerprint density at radius 2 is 1.36 bits per heavy atom. The average Bonchev–Trinajstić information content (AvgIpc) is 3.08. The molecule has 0 amide bonds. The second kappa shape index (κ2) is 8.11. The Hall–Kier alpha value is -0.877. The molecule has 0 saturated carbocycles. The van der Waals surface area contributed by atoms with Gasteiger partial charge in [0.05, 0.1) is 0 Å². The van der Waals surface area contributed by atoms with Gasteiger partial charge in [-0.1, -0.05) is 48.5 Å². The molecule has 4 rings (SSSR count). The number of benzene rings is 2. The van der Waals surface area contributed by atoms with Crippen molar-refractivity contribution in [3.05, 3.63) is 95.6 Å². The molecule has 0 saturated heterocycles. The topological polar surface area (TPSA) is 0 Å². The Bertz CT molecular complexity index is 685. The molecule has 0 unspecified atom stereocenters. The summed E-state index contributed by atoms with van der Waals surface area (Å²) in [6.07, 6.45) is 11.7. The first-order chi connectivity index (χ1) is 9.43.